The van der Waals surface area contributed by atoms with Gasteiger partial charge in [-0.3, -0.25) is 14.4 Å². The molecule has 1 aromatic heterocycles. The molecule has 0 bridgehead atoms. The monoisotopic (exact) mass is 921 g/mol. The van der Waals surface area contributed by atoms with E-state index in [1.54, 1.807) is 68.9 Å². The molecule has 0 aliphatic heterocycles. The summed E-state index contributed by atoms with van der Waals surface area (Å²) < 4.78 is 46.1. The number of benzene rings is 3. The first-order valence-electron chi connectivity index (χ1n) is 21.1. The maximum Gasteiger partial charge on any atom is 0.313 e. The largest absolute Gasteiger partial charge is 0.497 e. The van der Waals surface area contributed by atoms with Gasteiger partial charge in [-0.15, -0.1) is 0 Å². The van der Waals surface area contributed by atoms with E-state index >= 15 is 0 Å². The molecule has 0 fully saturated rings. The number of nitrogens with zero attached hydrogens (tertiary/aromatic N) is 2. The van der Waals surface area contributed by atoms with Crippen LogP contribution in [0, 0.1) is 27.6 Å². The lowest BCUT2D eigenvalue weighted by Gasteiger charge is -2.21. The summed E-state index contributed by atoms with van der Waals surface area (Å²) in [6, 6.07) is 26.6. The number of carbonyl (C=O) groups is 3. The molecule has 1 heterocycles. The number of aliphatic hydroxyl groups is 1. The van der Waals surface area contributed by atoms with Crippen molar-refractivity contribution in [3.63, 3.8) is 0 Å². The zero-order valence-electron chi connectivity index (χ0n) is 41.0. The molecule has 16 nitrogen and oxygen atoms in total. The van der Waals surface area contributed by atoms with E-state index in [9.17, 15) is 14.4 Å². The van der Waals surface area contributed by atoms with Crippen LogP contribution in [-0.4, -0.2) is 90.0 Å². The highest BCUT2D eigenvalue weighted by Gasteiger charge is 2.30. The van der Waals surface area contributed by atoms with Crippen LogP contribution in [0.25, 0.3) is 0 Å². The first kappa shape index (κ1) is 58.0. The Hall–Kier alpha value is -5.99. The van der Waals surface area contributed by atoms with Gasteiger partial charge in [0.1, 0.15) is 17.2 Å². The fraction of sp³-hybridized carbons (Fsp3) is 0.500. The van der Waals surface area contributed by atoms with Crippen molar-refractivity contribution in [2.45, 2.75) is 87.0 Å². The van der Waals surface area contributed by atoms with Gasteiger partial charge >= 0.3 is 11.9 Å². The number of anilines is 1. The number of carbonyl (C=O) groups excluding carboxylic acids is 3. The quantitative estimate of drug-likeness (QED) is 0.0754. The van der Waals surface area contributed by atoms with Crippen molar-refractivity contribution in [2.75, 3.05) is 67.7 Å². The van der Waals surface area contributed by atoms with Crippen LogP contribution in [-0.2, 0) is 63.3 Å². The third kappa shape index (κ3) is 21.3. The number of aliphatic hydroxyl groups excluding tert-OH is 1. The van der Waals surface area contributed by atoms with Crippen molar-refractivity contribution in [1.82, 2.24) is 5.16 Å². The first-order chi connectivity index (χ1) is 31.0. The summed E-state index contributed by atoms with van der Waals surface area (Å²) in [5, 5.41) is 21.1. The van der Waals surface area contributed by atoms with Crippen LogP contribution in [0.1, 0.15) is 84.2 Å². The van der Waals surface area contributed by atoms with Gasteiger partial charge in [0.05, 0.1) is 111 Å². The third-order valence-corrected chi connectivity index (χ3v) is 9.76. The summed E-state index contributed by atoms with van der Waals surface area (Å²) in [6.07, 6.45) is -0.0705. The molecule has 0 aliphatic rings. The summed E-state index contributed by atoms with van der Waals surface area (Å²) in [5.74, 6) is 2.03. The van der Waals surface area contributed by atoms with Crippen molar-refractivity contribution < 1.29 is 61.9 Å². The average molecular weight is 922 g/mol. The first-order valence-corrected chi connectivity index (χ1v) is 21.1. The van der Waals surface area contributed by atoms with E-state index in [0.717, 1.165) is 39.6 Å². The summed E-state index contributed by atoms with van der Waals surface area (Å²) in [6.45, 7) is 16.9. The number of nitriles is 1. The Bertz CT molecular complexity index is 2050. The molecular formula is C50H71N3O13. The molecule has 0 unspecified atom stereocenters. The number of nitrogens with two attached hydrogens (primary N) is 1. The number of ketones is 1. The van der Waals surface area contributed by atoms with Crippen LogP contribution in [0.5, 0.6) is 17.2 Å². The van der Waals surface area contributed by atoms with Crippen molar-refractivity contribution >= 4 is 23.6 Å². The average Bonchev–Trinajstić information content (AvgIpc) is 3.76. The smallest absolute Gasteiger partial charge is 0.313 e. The predicted octanol–water partition coefficient (Wildman–Crippen LogP) is 8.07. The maximum absolute atomic E-state index is 11.7. The number of ether oxygens (including phenoxy) is 8. The highest BCUT2D eigenvalue weighted by atomic mass is 16.5. The minimum absolute atomic E-state index is 0.0705. The zero-order valence-corrected chi connectivity index (χ0v) is 41.0. The van der Waals surface area contributed by atoms with Crippen LogP contribution in [0.2, 0.25) is 0 Å². The van der Waals surface area contributed by atoms with Gasteiger partial charge in [0.25, 0.3) is 0 Å². The lowest BCUT2D eigenvalue weighted by atomic mass is 9.87. The minimum Gasteiger partial charge on any atom is -0.497 e. The van der Waals surface area contributed by atoms with E-state index < -0.39 is 16.2 Å². The van der Waals surface area contributed by atoms with Gasteiger partial charge in [-0.05, 0) is 80.8 Å². The van der Waals surface area contributed by atoms with E-state index in [1.807, 2.05) is 92.7 Å². The molecule has 0 saturated carbocycles. The van der Waals surface area contributed by atoms with Gasteiger partial charge in [-0.25, -0.2) is 0 Å². The molecule has 364 valence electrons. The van der Waals surface area contributed by atoms with E-state index in [0.29, 0.717) is 45.5 Å². The van der Waals surface area contributed by atoms with E-state index in [1.165, 1.54) is 14.2 Å². The van der Waals surface area contributed by atoms with E-state index in [-0.39, 0.29) is 36.2 Å². The van der Waals surface area contributed by atoms with Crippen LogP contribution in [0.4, 0.5) is 5.88 Å². The fourth-order valence-electron chi connectivity index (χ4n) is 5.19. The Morgan fingerprint density at radius 3 is 1.27 bits per heavy atom. The number of hydrogen-bond donors (Lipinski definition) is 2. The van der Waals surface area contributed by atoms with Crippen molar-refractivity contribution in [2.24, 2.45) is 16.2 Å². The molecule has 0 aliphatic carbocycles. The lowest BCUT2D eigenvalue weighted by molar-refractivity contribution is -0.154. The Balaban J connectivity index is 0.000000454. The van der Waals surface area contributed by atoms with Crippen LogP contribution >= 0.6 is 0 Å². The molecular weight excluding hydrogens is 851 g/mol. The van der Waals surface area contributed by atoms with Crippen molar-refractivity contribution in [3.05, 3.63) is 101 Å². The highest BCUT2D eigenvalue weighted by molar-refractivity contribution is 5.85. The zero-order chi connectivity index (χ0) is 50.0. The number of Topliss-reactive ketones (excluding diaryl/α,β-unsaturated/α-hetero) is 1. The van der Waals surface area contributed by atoms with Gasteiger partial charge in [0, 0.05) is 16.9 Å². The SMILES string of the molecule is COC(=O)C(C)(C)CO.COC(=O)C(C)(C)COCc1ccc(OC)cc1.COc1ccc(COCC(C)(C)C(=O)CC#N)cc1.COc1ccc(COCC(C)(C)c2cc(N)on2)cc1. The molecule has 16 heteroatoms. The van der Waals surface area contributed by atoms with Crippen molar-refractivity contribution in [1.29, 1.82) is 5.26 Å². The number of aromatic nitrogens is 1. The molecule has 4 rings (SSSR count). The number of nitrogen functional groups attached to an aromatic ring is 1. The lowest BCUT2D eigenvalue weighted by Crippen LogP contribution is -2.30. The maximum atomic E-state index is 11.7. The van der Waals surface area contributed by atoms with Gasteiger partial charge in [-0.1, -0.05) is 69.2 Å². The standard InChI is InChI=1S/C15H20N2O3.C15H19NO3.C14H20O4.C6H12O3/c1-15(2,13-8-14(16)20-17-13)10-19-9-11-4-6-12(18-3)7-5-11;1-15(2,14(17)8-9-16)11-19-10-12-4-6-13(18-3)7-5-12;1-14(2,13(15)17-4)10-18-9-11-5-7-12(16-3)8-6-11;1-6(2,4-7)5(8)9-3/h4-8H,9-10,16H2,1-3H3;4-7H,8,10-11H2,1-3H3;5-8H,9-10H2,1-4H3;7H,4H2,1-3H3. The Labute approximate surface area is 390 Å². The fourth-order valence-corrected chi connectivity index (χ4v) is 5.19. The Morgan fingerprint density at radius 1 is 0.606 bits per heavy atom. The molecule has 0 atom stereocenters. The second-order valence-electron chi connectivity index (χ2n) is 17.6. The third-order valence-electron chi connectivity index (χ3n) is 9.76. The molecule has 66 heavy (non-hydrogen) atoms. The summed E-state index contributed by atoms with van der Waals surface area (Å²) in [7, 11) is 7.59. The second kappa shape index (κ2) is 28.8. The molecule has 0 radical (unpaired) electrons. The molecule has 0 amide bonds. The Morgan fingerprint density at radius 2 is 0.970 bits per heavy atom. The molecule has 3 aromatic carbocycles. The van der Waals surface area contributed by atoms with E-state index in [2.05, 4.69) is 9.89 Å². The number of esters is 2. The van der Waals surface area contributed by atoms with Crippen molar-refractivity contribution in [3.8, 4) is 23.3 Å². The second-order valence-corrected chi connectivity index (χ2v) is 17.6. The van der Waals surface area contributed by atoms with Gasteiger partial charge in [0.15, 0.2) is 5.78 Å². The van der Waals surface area contributed by atoms with Crippen LogP contribution < -0.4 is 19.9 Å². The molecule has 0 spiro atoms. The number of hydrogen-bond acceptors (Lipinski definition) is 16. The summed E-state index contributed by atoms with van der Waals surface area (Å²) in [5.41, 5.74) is 7.25. The number of methoxy groups -OCH3 is 5. The van der Waals surface area contributed by atoms with Gasteiger partial charge in [0.2, 0.25) is 5.88 Å². The summed E-state index contributed by atoms with van der Waals surface area (Å²) in [4.78, 5) is 33.8. The highest BCUT2D eigenvalue weighted by Crippen LogP contribution is 2.25. The molecule has 3 N–H and O–H groups in total. The topological polar surface area (TPSA) is 221 Å². The predicted molar refractivity (Wildman–Crippen MR) is 250 cm³/mol. The minimum atomic E-state index is -0.755. The van der Waals surface area contributed by atoms with Crippen LogP contribution in [0.15, 0.2) is 83.4 Å². The van der Waals surface area contributed by atoms with Gasteiger partial charge < -0.3 is 53.3 Å². The molecule has 4 aromatic rings. The number of rotatable bonds is 21. The normalized spacial score (nSPS) is 11.2. The van der Waals surface area contributed by atoms with Gasteiger partial charge in [-0.2, -0.15) is 5.26 Å². The van der Waals surface area contributed by atoms with Crippen LogP contribution in [0.3, 0.4) is 0 Å². The summed E-state index contributed by atoms with van der Waals surface area (Å²) >= 11 is 0. The Kier molecular flexibility index (Phi) is 25.3. The molecule has 0 saturated heterocycles. The van der Waals surface area contributed by atoms with E-state index in [4.69, 9.17) is 53.8 Å².